The van der Waals surface area contributed by atoms with Gasteiger partial charge in [-0.1, -0.05) is 6.58 Å². The van der Waals surface area contributed by atoms with Crippen LogP contribution in [0.5, 0.6) is 0 Å². The highest BCUT2D eigenvalue weighted by atomic mass is 19.1. The lowest BCUT2D eigenvalue weighted by molar-refractivity contribution is 0.646. The number of nitrogens with zero attached hydrogens (tertiary/aromatic N) is 1. The summed E-state index contributed by atoms with van der Waals surface area (Å²) in [6.07, 6.45) is 1.05. The molecule has 0 atom stereocenters. The molecule has 0 fully saturated rings. The molecule has 0 aliphatic carbocycles. The normalized spacial score (nSPS) is 10.9. The van der Waals surface area contributed by atoms with Crippen molar-refractivity contribution in [2.45, 2.75) is 13.8 Å². The SMILES string of the molecule is C=C(N)/C(F)=C\N=C(C)C. The van der Waals surface area contributed by atoms with Gasteiger partial charge in [-0.3, -0.25) is 4.99 Å². The number of nitrogens with two attached hydrogens (primary N) is 1. The van der Waals surface area contributed by atoms with Gasteiger partial charge in [0.05, 0.1) is 11.9 Å². The van der Waals surface area contributed by atoms with Crippen molar-refractivity contribution in [3.63, 3.8) is 0 Å². The van der Waals surface area contributed by atoms with Crippen molar-refractivity contribution in [2.24, 2.45) is 10.7 Å². The molecule has 0 aromatic heterocycles. The van der Waals surface area contributed by atoms with Crippen LogP contribution in [0, 0.1) is 0 Å². The minimum atomic E-state index is -0.582. The van der Waals surface area contributed by atoms with Crippen LogP contribution in [0.4, 0.5) is 4.39 Å². The second-order valence-electron chi connectivity index (χ2n) is 2.08. The Bertz CT molecular complexity index is 188. The van der Waals surface area contributed by atoms with Crippen LogP contribution in [0.15, 0.2) is 29.3 Å². The van der Waals surface area contributed by atoms with Crippen LogP contribution in [0.2, 0.25) is 0 Å². The van der Waals surface area contributed by atoms with E-state index < -0.39 is 5.83 Å². The van der Waals surface area contributed by atoms with Gasteiger partial charge in [-0.15, -0.1) is 0 Å². The van der Waals surface area contributed by atoms with E-state index in [4.69, 9.17) is 5.73 Å². The van der Waals surface area contributed by atoms with Gasteiger partial charge >= 0.3 is 0 Å². The summed E-state index contributed by atoms with van der Waals surface area (Å²) in [4.78, 5) is 3.68. The highest BCUT2D eigenvalue weighted by Gasteiger charge is 1.91. The average molecular weight is 142 g/mol. The third-order valence-corrected chi connectivity index (χ3v) is 0.743. The summed E-state index contributed by atoms with van der Waals surface area (Å²) >= 11 is 0. The fraction of sp³-hybridized carbons (Fsp3) is 0.286. The molecule has 0 unspecified atom stereocenters. The van der Waals surface area contributed by atoms with Crippen LogP contribution in [-0.4, -0.2) is 5.71 Å². The molecule has 0 aromatic rings. The zero-order valence-electron chi connectivity index (χ0n) is 6.19. The van der Waals surface area contributed by atoms with Crippen LogP contribution >= 0.6 is 0 Å². The van der Waals surface area contributed by atoms with Gasteiger partial charge in [0.1, 0.15) is 0 Å². The van der Waals surface area contributed by atoms with E-state index in [0.29, 0.717) is 0 Å². The molecule has 0 rings (SSSR count). The molecule has 0 bridgehead atoms. The van der Waals surface area contributed by atoms with E-state index in [1.807, 2.05) is 0 Å². The predicted octanol–water partition coefficient (Wildman–Crippen LogP) is 1.75. The number of hydrogen-bond donors (Lipinski definition) is 1. The Hall–Kier alpha value is -1.12. The smallest absolute Gasteiger partial charge is 0.163 e. The zero-order valence-corrected chi connectivity index (χ0v) is 6.19. The molecule has 3 heteroatoms. The minimum Gasteiger partial charge on any atom is -0.397 e. The van der Waals surface area contributed by atoms with Gasteiger partial charge < -0.3 is 5.73 Å². The number of allylic oxidation sites excluding steroid dienone is 1. The molecule has 0 radical (unpaired) electrons. The molecule has 0 aromatic carbocycles. The summed E-state index contributed by atoms with van der Waals surface area (Å²) < 4.78 is 12.4. The first kappa shape index (κ1) is 8.88. The molecule has 0 amide bonds. The third kappa shape index (κ3) is 3.83. The van der Waals surface area contributed by atoms with E-state index in [1.165, 1.54) is 0 Å². The number of aliphatic imine (C=N–C) groups is 1. The summed E-state index contributed by atoms with van der Waals surface area (Å²) in [5.74, 6) is -0.582. The van der Waals surface area contributed by atoms with Crippen LogP contribution in [0.1, 0.15) is 13.8 Å². The largest absolute Gasteiger partial charge is 0.397 e. The van der Waals surface area contributed by atoms with Crippen molar-refractivity contribution in [3.8, 4) is 0 Å². The summed E-state index contributed by atoms with van der Waals surface area (Å²) in [5.41, 5.74) is 5.70. The Morgan fingerprint density at radius 1 is 1.60 bits per heavy atom. The van der Waals surface area contributed by atoms with Gasteiger partial charge in [-0.2, -0.15) is 0 Å². The maximum atomic E-state index is 12.4. The Morgan fingerprint density at radius 2 is 2.10 bits per heavy atom. The molecule has 0 saturated heterocycles. The Labute approximate surface area is 60.0 Å². The van der Waals surface area contributed by atoms with E-state index >= 15 is 0 Å². The van der Waals surface area contributed by atoms with Gasteiger partial charge in [-0.05, 0) is 13.8 Å². The summed E-state index contributed by atoms with van der Waals surface area (Å²) in [6.45, 7) is 6.73. The molecule has 0 spiro atoms. The first-order valence-corrected chi connectivity index (χ1v) is 2.85. The van der Waals surface area contributed by atoms with Gasteiger partial charge in [0.15, 0.2) is 5.83 Å². The number of hydrogen-bond acceptors (Lipinski definition) is 2. The molecular formula is C7H11FN2. The monoisotopic (exact) mass is 142 g/mol. The van der Waals surface area contributed by atoms with E-state index in [-0.39, 0.29) is 5.70 Å². The first-order valence-electron chi connectivity index (χ1n) is 2.85. The van der Waals surface area contributed by atoms with Gasteiger partial charge in [0.25, 0.3) is 0 Å². The lowest BCUT2D eigenvalue weighted by Gasteiger charge is -1.90. The van der Waals surface area contributed by atoms with E-state index in [2.05, 4.69) is 11.6 Å². The quantitative estimate of drug-likeness (QED) is 0.463. The highest BCUT2D eigenvalue weighted by Crippen LogP contribution is 2.02. The lowest BCUT2D eigenvalue weighted by Crippen LogP contribution is -1.94. The van der Waals surface area contributed by atoms with Crippen molar-refractivity contribution in [2.75, 3.05) is 0 Å². The maximum Gasteiger partial charge on any atom is 0.163 e. The van der Waals surface area contributed by atoms with Crippen LogP contribution in [0.3, 0.4) is 0 Å². The predicted molar refractivity (Wildman–Crippen MR) is 41.3 cm³/mol. The summed E-state index contributed by atoms with van der Waals surface area (Å²) in [5, 5.41) is 0. The topological polar surface area (TPSA) is 38.4 Å². The summed E-state index contributed by atoms with van der Waals surface area (Å²) in [6, 6.07) is 0. The Morgan fingerprint density at radius 3 is 2.40 bits per heavy atom. The molecule has 0 aliphatic heterocycles. The van der Waals surface area contributed by atoms with Gasteiger partial charge in [0.2, 0.25) is 0 Å². The molecule has 10 heavy (non-hydrogen) atoms. The fourth-order valence-electron chi connectivity index (χ4n) is 0.269. The number of halogens is 1. The summed E-state index contributed by atoms with van der Waals surface area (Å²) in [7, 11) is 0. The molecular weight excluding hydrogens is 131 g/mol. The van der Waals surface area contributed by atoms with E-state index in [1.54, 1.807) is 13.8 Å². The van der Waals surface area contributed by atoms with Gasteiger partial charge in [0, 0.05) is 5.71 Å². The first-order chi connectivity index (χ1) is 4.54. The Kier molecular flexibility index (Phi) is 3.39. The molecule has 0 aliphatic rings. The van der Waals surface area contributed by atoms with Gasteiger partial charge in [-0.25, -0.2) is 4.39 Å². The third-order valence-electron chi connectivity index (χ3n) is 0.743. The maximum absolute atomic E-state index is 12.4. The molecule has 56 valence electrons. The van der Waals surface area contributed by atoms with Crippen LogP contribution in [0.25, 0.3) is 0 Å². The minimum absolute atomic E-state index is 0.0926. The molecule has 0 saturated carbocycles. The van der Waals surface area contributed by atoms with Crippen molar-refractivity contribution in [3.05, 3.63) is 24.3 Å². The van der Waals surface area contributed by atoms with Crippen LogP contribution < -0.4 is 5.73 Å². The molecule has 0 heterocycles. The lowest BCUT2D eigenvalue weighted by atomic mass is 10.4. The van der Waals surface area contributed by atoms with Crippen molar-refractivity contribution >= 4 is 5.71 Å². The highest BCUT2D eigenvalue weighted by molar-refractivity contribution is 5.79. The zero-order chi connectivity index (χ0) is 8.15. The number of rotatable bonds is 2. The van der Waals surface area contributed by atoms with E-state index in [9.17, 15) is 4.39 Å². The van der Waals surface area contributed by atoms with Crippen LogP contribution in [-0.2, 0) is 0 Å². The van der Waals surface area contributed by atoms with Crippen molar-refractivity contribution in [1.82, 2.24) is 0 Å². The standard InChI is InChI=1S/C7H11FN2/c1-5(2)10-4-7(8)6(3)9/h4H,3,9H2,1-2H3/b7-4+. The molecule has 2 N–H and O–H groups in total. The Balaban J connectivity index is 4.19. The van der Waals surface area contributed by atoms with Crippen molar-refractivity contribution < 1.29 is 4.39 Å². The molecule has 2 nitrogen and oxygen atoms in total. The van der Waals surface area contributed by atoms with Crippen molar-refractivity contribution in [1.29, 1.82) is 0 Å². The van der Waals surface area contributed by atoms with E-state index in [0.717, 1.165) is 11.9 Å². The second-order valence-corrected chi connectivity index (χ2v) is 2.08. The average Bonchev–Trinajstić information content (AvgIpc) is 1.82. The second kappa shape index (κ2) is 3.82. The fourth-order valence-corrected chi connectivity index (χ4v) is 0.269.